The Labute approximate surface area is 154 Å². The Balaban J connectivity index is 1.61. The smallest absolute Gasteiger partial charge is 0.253 e. The summed E-state index contributed by atoms with van der Waals surface area (Å²) in [5.41, 5.74) is 3.25. The van der Waals surface area contributed by atoms with Gasteiger partial charge >= 0.3 is 0 Å². The van der Waals surface area contributed by atoms with Crippen LogP contribution in [0.4, 0.5) is 0 Å². The van der Waals surface area contributed by atoms with Crippen LogP contribution in [0.3, 0.4) is 0 Å². The fraction of sp³-hybridized carbons (Fsp3) is 0.333. The monoisotopic (exact) mass is 352 g/mol. The molecule has 136 valence electrons. The van der Waals surface area contributed by atoms with Crippen LogP contribution in [0.25, 0.3) is 0 Å². The molecule has 26 heavy (non-hydrogen) atoms. The standard InChI is InChI=1S/C21H24N2O3/c1-23(21(25)18-5-3-4-16(12-18)14-26-2)13-15-6-8-17(9-7-15)20(24)22-19-10-11-19/h3-9,12,19H,10-11,13-14H2,1-2H3,(H,22,24). The SMILES string of the molecule is COCc1cccc(C(=O)N(C)Cc2ccc(C(=O)NC3CC3)cc2)c1. The van der Waals surface area contributed by atoms with Gasteiger partial charge in [-0.25, -0.2) is 0 Å². The highest BCUT2D eigenvalue weighted by atomic mass is 16.5. The van der Waals surface area contributed by atoms with E-state index in [1.54, 1.807) is 19.1 Å². The van der Waals surface area contributed by atoms with E-state index in [9.17, 15) is 9.59 Å². The van der Waals surface area contributed by atoms with Crippen molar-refractivity contribution < 1.29 is 14.3 Å². The molecule has 2 aromatic rings. The van der Waals surface area contributed by atoms with Gasteiger partial charge < -0.3 is 15.0 Å². The number of nitrogens with one attached hydrogen (secondary N) is 1. The fourth-order valence-corrected chi connectivity index (χ4v) is 2.78. The molecule has 1 fully saturated rings. The van der Waals surface area contributed by atoms with Crippen LogP contribution in [0.1, 0.15) is 44.7 Å². The van der Waals surface area contributed by atoms with Crippen molar-refractivity contribution in [1.82, 2.24) is 10.2 Å². The molecule has 1 N–H and O–H groups in total. The number of amides is 2. The average molecular weight is 352 g/mol. The molecule has 0 spiro atoms. The van der Waals surface area contributed by atoms with Crippen molar-refractivity contribution in [3.8, 4) is 0 Å². The van der Waals surface area contributed by atoms with Crippen LogP contribution in [-0.2, 0) is 17.9 Å². The number of ether oxygens (including phenoxy) is 1. The molecule has 5 nitrogen and oxygen atoms in total. The molecule has 0 atom stereocenters. The topological polar surface area (TPSA) is 58.6 Å². The first-order valence-electron chi connectivity index (χ1n) is 8.80. The molecule has 0 saturated heterocycles. The number of benzene rings is 2. The summed E-state index contributed by atoms with van der Waals surface area (Å²) < 4.78 is 5.12. The summed E-state index contributed by atoms with van der Waals surface area (Å²) in [7, 11) is 3.41. The van der Waals surface area contributed by atoms with Crippen molar-refractivity contribution in [2.24, 2.45) is 0 Å². The third kappa shape index (κ3) is 4.70. The van der Waals surface area contributed by atoms with E-state index in [1.165, 1.54) is 0 Å². The molecule has 0 heterocycles. The van der Waals surface area contributed by atoms with Gasteiger partial charge in [-0.05, 0) is 48.2 Å². The number of hydrogen-bond acceptors (Lipinski definition) is 3. The summed E-state index contributed by atoms with van der Waals surface area (Å²) in [5, 5.41) is 2.97. The Bertz CT molecular complexity index is 782. The van der Waals surface area contributed by atoms with Crippen molar-refractivity contribution in [3.05, 3.63) is 70.8 Å². The van der Waals surface area contributed by atoms with Gasteiger partial charge in [-0.3, -0.25) is 9.59 Å². The van der Waals surface area contributed by atoms with E-state index in [-0.39, 0.29) is 11.8 Å². The summed E-state index contributed by atoms with van der Waals surface area (Å²) in [4.78, 5) is 26.3. The van der Waals surface area contributed by atoms with Gasteiger partial charge in [0.05, 0.1) is 6.61 Å². The molecule has 2 aromatic carbocycles. The minimum absolute atomic E-state index is 0.0292. The van der Waals surface area contributed by atoms with Crippen LogP contribution in [-0.4, -0.2) is 36.9 Å². The third-order valence-corrected chi connectivity index (χ3v) is 4.38. The second kappa shape index (κ2) is 8.15. The van der Waals surface area contributed by atoms with E-state index in [1.807, 2.05) is 48.5 Å². The maximum Gasteiger partial charge on any atom is 0.253 e. The fourth-order valence-electron chi connectivity index (χ4n) is 2.78. The molecule has 0 aromatic heterocycles. The van der Waals surface area contributed by atoms with Gasteiger partial charge in [0.2, 0.25) is 0 Å². The molecule has 0 aliphatic heterocycles. The van der Waals surface area contributed by atoms with Crippen molar-refractivity contribution in [1.29, 1.82) is 0 Å². The Morgan fingerprint density at radius 2 is 1.81 bits per heavy atom. The first-order chi connectivity index (χ1) is 12.6. The van der Waals surface area contributed by atoms with Gasteiger partial charge in [-0.15, -0.1) is 0 Å². The van der Waals surface area contributed by atoms with Crippen molar-refractivity contribution in [3.63, 3.8) is 0 Å². The molecule has 0 bridgehead atoms. The number of carbonyl (C=O) groups is 2. The van der Waals surface area contributed by atoms with E-state index < -0.39 is 0 Å². The molecule has 3 rings (SSSR count). The first kappa shape index (κ1) is 18.1. The van der Waals surface area contributed by atoms with Gasteiger partial charge in [-0.2, -0.15) is 0 Å². The van der Waals surface area contributed by atoms with E-state index in [0.717, 1.165) is 24.0 Å². The lowest BCUT2D eigenvalue weighted by Gasteiger charge is -2.18. The van der Waals surface area contributed by atoms with Gasteiger partial charge in [0.25, 0.3) is 11.8 Å². The molecular formula is C21H24N2O3. The van der Waals surface area contributed by atoms with Crippen molar-refractivity contribution in [2.75, 3.05) is 14.2 Å². The lowest BCUT2D eigenvalue weighted by atomic mass is 10.1. The summed E-state index contributed by atoms with van der Waals surface area (Å²) in [6.45, 7) is 0.965. The van der Waals surface area contributed by atoms with E-state index in [0.29, 0.717) is 30.3 Å². The minimum atomic E-state index is -0.0430. The maximum absolute atomic E-state index is 12.6. The number of methoxy groups -OCH3 is 1. The largest absolute Gasteiger partial charge is 0.380 e. The molecule has 2 amide bonds. The molecule has 1 aliphatic rings. The molecule has 1 aliphatic carbocycles. The Kier molecular flexibility index (Phi) is 5.68. The van der Waals surface area contributed by atoms with Crippen LogP contribution in [0.2, 0.25) is 0 Å². The second-order valence-corrected chi connectivity index (χ2v) is 6.74. The van der Waals surface area contributed by atoms with Crippen LogP contribution >= 0.6 is 0 Å². The molecule has 0 unspecified atom stereocenters. The summed E-state index contributed by atoms with van der Waals surface area (Å²) in [6.07, 6.45) is 2.14. The highest BCUT2D eigenvalue weighted by Gasteiger charge is 2.23. The third-order valence-electron chi connectivity index (χ3n) is 4.38. The minimum Gasteiger partial charge on any atom is -0.380 e. The van der Waals surface area contributed by atoms with Crippen LogP contribution in [0.5, 0.6) is 0 Å². The number of hydrogen-bond donors (Lipinski definition) is 1. The number of nitrogens with zero attached hydrogens (tertiary/aromatic N) is 1. The average Bonchev–Trinajstić information content (AvgIpc) is 3.46. The van der Waals surface area contributed by atoms with Crippen LogP contribution in [0, 0.1) is 0 Å². The number of carbonyl (C=O) groups excluding carboxylic acids is 2. The van der Waals surface area contributed by atoms with E-state index in [2.05, 4.69) is 5.32 Å². The Morgan fingerprint density at radius 1 is 1.08 bits per heavy atom. The number of rotatable bonds is 7. The molecule has 5 heteroatoms. The van der Waals surface area contributed by atoms with Gasteiger partial charge in [0.15, 0.2) is 0 Å². The Hall–Kier alpha value is -2.66. The van der Waals surface area contributed by atoms with Gasteiger partial charge in [0, 0.05) is 37.9 Å². The maximum atomic E-state index is 12.6. The zero-order valence-corrected chi connectivity index (χ0v) is 15.2. The Morgan fingerprint density at radius 3 is 2.46 bits per heavy atom. The predicted octanol–water partition coefficient (Wildman–Crippen LogP) is 3.00. The predicted molar refractivity (Wildman–Crippen MR) is 99.9 cm³/mol. The summed E-state index contributed by atoms with van der Waals surface area (Å²) >= 11 is 0. The summed E-state index contributed by atoms with van der Waals surface area (Å²) in [5.74, 6) is -0.0723. The normalized spacial score (nSPS) is 13.3. The second-order valence-electron chi connectivity index (χ2n) is 6.74. The highest BCUT2D eigenvalue weighted by Crippen LogP contribution is 2.19. The zero-order valence-electron chi connectivity index (χ0n) is 15.2. The van der Waals surface area contributed by atoms with Gasteiger partial charge in [0.1, 0.15) is 0 Å². The lowest BCUT2D eigenvalue weighted by Crippen LogP contribution is -2.27. The first-order valence-corrected chi connectivity index (χ1v) is 8.80. The molecular weight excluding hydrogens is 328 g/mol. The summed E-state index contributed by atoms with van der Waals surface area (Å²) in [6, 6.07) is 15.2. The van der Waals surface area contributed by atoms with E-state index in [4.69, 9.17) is 4.74 Å². The quantitative estimate of drug-likeness (QED) is 0.833. The highest BCUT2D eigenvalue weighted by molar-refractivity contribution is 5.95. The van der Waals surface area contributed by atoms with Gasteiger partial charge in [-0.1, -0.05) is 24.3 Å². The molecule has 0 radical (unpaired) electrons. The van der Waals surface area contributed by atoms with Crippen molar-refractivity contribution in [2.45, 2.75) is 32.0 Å². The zero-order chi connectivity index (χ0) is 18.5. The lowest BCUT2D eigenvalue weighted by molar-refractivity contribution is 0.0784. The molecule has 1 saturated carbocycles. The van der Waals surface area contributed by atoms with Crippen LogP contribution < -0.4 is 5.32 Å². The van der Waals surface area contributed by atoms with Crippen LogP contribution in [0.15, 0.2) is 48.5 Å². The van der Waals surface area contributed by atoms with E-state index >= 15 is 0 Å². The van der Waals surface area contributed by atoms with Crippen molar-refractivity contribution >= 4 is 11.8 Å².